The van der Waals surface area contributed by atoms with Crippen LogP contribution in [0.25, 0.3) is 0 Å². The molecule has 58 valence electrons. The molecule has 0 saturated heterocycles. The van der Waals surface area contributed by atoms with Crippen molar-refractivity contribution in [2.75, 3.05) is 0 Å². The summed E-state index contributed by atoms with van der Waals surface area (Å²) in [4.78, 5) is 0. The Kier molecular flexibility index (Phi) is 1.61. The summed E-state index contributed by atoms with van der Waals surface area (Å²) >= 11 is 0. The molecule has 0 bridgehead atoms. The quantitative estimate of drug-likeness (QED) is 0.488. The third kappa shape index (κ3) is 1.82. The molecular weight excluding hydrogens is 124 g/mol. The van der Waals surface area contributed by atoms with Crippen LogP contribution in [0, 0.1) is 0 Å². The van der Waals surface area contributed by atoms with Crippen LogP contribution in [0.5, 0.6) is 0 Å². The van der Waals surface area contributed by atoms with E-state index in [1.165, 1.54) is 0 Å². The molecule has 2 heteroatoms. The summed E-state index contributed by atoms with van der Waals surface area (Å²) < 4.78 is 0. The lowest BCUT2D eigenvalue weighted by atomic mass is 9.79. The van der Waals surface area contributed by atoms with Crippen molar-refractivity contribution in [3.63, 3.8) is 0 Å². The fourth-order valence-corrected chi connectivity index (χ4v) is 1.60. The van der Waals surface area contributed by atoms with Gasteiger partial charge in [0, 0.05) is 11.1 Å². The van der Waals surface area contributed by atoms with Crippen LogP contribution in [0.2, 0.25) is 0 Å². The molecule has 0 aromatic heterocycles. The highest BCUT2D eigenvalue weighted by molar-refractivity contribution is 5.12. The SMILES string of the molecule is CC1(N)C=CCC(C)(N)C1. The Labute approximate surface area is 62.3 Å². The predicted molar refractivity (Wildman–Crippen MR) is 43.6 cm³/mol. The standard InChI is InChI=1S/C8H16N2/c1-7(9)4-3-5-8(2,10)6-7/h3-4H,5-6,9-10H2,1-2H3. The van der Waals surface area contributed by atoms with Crippen LogP contribution in [0.15, 0.2) is 12.2 Å². The van der Waals surface area contributed by atoms with E-state index < -0.39 is 0 Å². The maximum atomic E-state index is 5.92. The zero-order chi connectivity index (χ0) is 7.83. The predicted octanol–water partition coefficient (Wildman–Crippen LogP) is 0.771. The third-order valence-electron chi connectivity index (χ3n) is 1.87. The monoisotopic (exact) mass is 140 g/mol. The number of nitrogens with two attached hydrogens (primary N) is 2. The van der Waals surface area contributed by atoms with E-state index in [2.05, 4.69) is 6.08 Å². The molecule has 1 aliphatic carbocycles. The van der Waals surface area contributed by atoms with Gasteiger partial charge in [-0.05, 0) is 26.7 Å². The van der Waals surface area contributed by atoms with Gasteiger partial charge in [0.25, 0.3) is 0 Å². The van der Waals surface area contributed by atoms with Gasteiger partial charge in [0.2, 0.25) is 0 Å². The zero-order valence-electron chi connectivity index (χ0n) is 6.72. The van der Waals surface area contributed by atoms with Gasteiger partial charge in [-0.1, -0.05) is 12.2 Å². The van der Waals surface area contributed by atoms with E-state index >= 15 is 0 Å². The summed E-state index contributed by atoms with van der Waals surface area (Å²) in [6.07, 6.45) is 5.93. The first-order chi connectivity index (χ1) is 4.41. The van der Waals surface area contributed by atoms with E-state index in [1.807, 2.05) is 19.9 Å². The van der Waals surface area contributed by atoms with Crippen molar-refractivity contribution >= 4 is 0 Å². The minimum Gasteiger partial charge on any atom is -0.325 e. The minimum absolute atomic E-state index is 0.0990. The lowest BCUT2D eigenvalue weighted by Crippen LogP contribution is -2.49. The van der Waals surface area contributed by atoms with Crippen molar-refractivity contribution < 1.29 is 0 Å². The number of rotatable bonds is 0. The van der Waals surface area contributed by atoms with Gasteiger partial charge in [0.1, 0.15) is 0 Å². The highest BCUT2D eigenvalue weighted by atomic mass is 14.8. The van der Waals surface area contributed by atoms with Crippen molar-refractivity contribution in [3.8, 4) is 0 Å². The maximum absolute atomic E-state index is 5.92. The molecule has 0 radical (unpaired) electrons. The molecule has 10 heavy (non-hydrogen) atoms. The van der Waals surface area contributed by atoms with Crippen molar-refractivity contribution in [1.82, 2.24) is 0 Å². The Balaban J connectivity index is 2.73. The van der Waals surface area contributed by atoms with Crippen LogP contribution < -0.4 is 11.5 Å². The second kappa shape index (κ2) is 2.07. The Morgan fingerprint density at radius 1 is 1.30 bits per heavy atom. The van der Waals surface area contributed by atoms with Crippen molar-refractivity contribution in [2.24, 2.45) is 11.5 Å². The van der Waals surface area contributed by atoms with Crippen LogP contribution in [-0.4, -0.2) is 11.1 Å². The molecule has 0 fully saturated rings. The summed E-state index contributed by atoms with van der Waals surface area (Å²) in [6, 6.07) is 0. The Bertz CT molecular complexity index is 157. The highest BCUT2D eigenvalue weighted by Crippen LogP contribution is 2.25. The molecule has 0 saturated carbocycles. The van der Waals surface area contributed by atoms with Gasteiger partial charge in [-0.2, -0.15) is 0 Å². The number of hydrogen-bond acceptors (Lipinski definition) is 2. The summed E-state index contributed by atoms with van der Waals surface area (Å²) in [5.74, 6) is 0. The van der Waals surface area contributed by atoms with Crippen LogP contribution in [0.4, 0.5) is 0 Å². The van der Waals surface area contributed by atoms with Gasteiger partial charge in [0.05, 0.1) is 0 Å². The largest absolute Gasteiger partial charge is 0.325 e. The summed E-state index contributed by atoms with van der Waals surface area (Å²) in [5, 5.41) is 0. The van der Waals surface area contributed by atoms with Gasteiger partial charge < -0.3 is 11.5 Å². The average Bonchev–Trinajstić information content (AvgIpc) is 1.56. The Morgan fingerprint density at radius 2 is 1.90 bits per heavy atom. The van der Waals surface area contributed by atoms with Gasteiger partial charge in [-0.25, -0.2) is 0 Å². The van der Waals surface area contributed by atoms with Crippen molar-refractivity contribution in [3.05, 3.63) is 12.2 Å². The molecule has 0 spiro atoms. The fourth-order valence-electron chi connectivity index (χ4n) is 1.60. The minimum atomic E-state index is -0.193. The molecule has 0 heterocycles. The second-order valence-electron chi connectivity index (χ2n) is 3.94. The van der Waals surface area contributed by atoms with Crippen LogP contribution >= 0.6 is 0 Å². The van der Waals surface area contributed by atoms with E-state index in [1.54, 1.807) is 0 Å². The molecule has 2 unspecified atom stereocenters. The van der Waals surface area contributed by atoms with Crippen LogP contribution in [0.1, 0.15) is 26.7 Å². The van der Waals surface area contributed by atoms with Gasteiger partial charge in [-0.3, -0.25) is 0 Å². The van der Waals surface area contributed by atoms with Gasteiger partial charge in [0.15, 0.2) is 0 Å². The molecular formula is C8H16N2. The Hall–Kier alpha value is -0.340. The summed E-state index contributed by atoms with van der Waals surface area (Å²) in [6.45, 7) is 4.05. The topological polar surface area (TPSA) is 52.0 Å². The summed E-state index contributed by atoms with van der Waals surface area (Å²) in [5.41, 5.74) is 11.5. The molecule has 0 aromatic carbocycles. The summed E-state index contributed by atoms with van der Waals surface area (Å²) in [7, 11) is 0. The molecule has 1 aliphatic rings. The van der Waals surface area contributed by atoms with Crippen LogP contribution in [-0.2, 0) is 0 Å². The fraction of sp³-hybridized carbons (Fsp3) is 0.750. The second-order valence-corrected chi connectivity index (χ2v) is 3.94. The third-order valence-corrected chi connectivity index (χ3v) is 1.87. The van der Waals surface area contributed by atoms with Crippen molar-refractivity contribution in [2.45, 2.75) is 37.8 Å². The molecule has 2 atom stereocenters. The van der Waals surface area contributed by atoms with E-state index in [0.29, 0.717) is 0 Å². The van der Waals surface area contributed by atoms with Gasteiger partial charge in [-0.15, -0.1) is 0 Å². The van der Waals surface area contributed by atoms with Gasteiger partial charge >= 0.3 is 0 Å². The maximum Gasteiger partial charge on any atom is 0.0328 e. The average molecular weight is 140 g/mol. The Morgan fingerprint density at radius 3 is 2.20 bits per heavy atom. The smallest absolute Gasteiger partial charge is 0.0328 e. The lowest BCUT2D eigenvalue weighted by molar-refractivity contribution is 0.338. The van der Waals surface area contributed by atoms with E-state index in [9.17, 15) is 0 Å². The first-order valence-corrected chi connectivity index (χ1v) is 3.67. The first kappa shape index (κ1) is 7.76. The van der Waals surface area contributed by atoms with Crippen LogP contribution in [0.3, 0.4) is 0 Å². The molecule has 0 amide bonds. The van der Waals surface area contributed by atoms with Crippen molar-refractivity contribution in [1.29, 1.82) is 0 Å². The van der Waals surface area contributed by atoms with E-state index in [0.717, 1.165) is 12.8 Å². The normalized spacial score (nSPS) is 47.6. The zero-order valence-corrected chi connectivity index (χ0v) is 6.72. The lowest BCUT2D eigenvalue weighted by Gasteiger charge is -2.35. The van der Waals surface area contributed by atoms with E-state index in [4.69, 9.17) is 11.5 Å². The molecule has 0 aliphatic heterocycles. The molecule has 4 N–H and O–H groups in total. The molecule has 1 rings (SSSR count). The highest BCUT2D eigenvalue weighted by Gasteiger charge is 2.29. The molecule has 2 nitrogen and oxygen atoms in total. The van der Waals surface area contributed by atoms with E-state index in [-0.39, 0.29) is 11.1 Å². The molecule has 0 aromatic rings. The first-order valence-electron chi connectivity index (χ1n) is 3.67. The number of hydrogen-bond donors (Lipinski definition) is 2.